The number of rotatable bonds is 6. The van der Waals surface area contributed by atoms with E-state index >= 15 is 0 Å². The molecule has 1 aromatic carbocycles. The normalized spacial score (nSPS) is 20.9. The molecule has 0 aliphatic heterocycles. The van der Waals surface area contributed by atoms with Gasteiger partial charge in [-0.15, -0.1) is 0 Å². The number of allylic oxidation sites excluding steroid dienone is 2. The van der Waals surface area contributed by atoms with Gasteiger partial charge in [0.1, 0.15) is 6.61 Å². The number of hydrogen-bond donors (Lipinski definition) is 0. The third kappa shape index (κ3) is 4.05. The Morgan fingerprint density at radius 2 is 1.92 bits per heavy atom. The van der Waals surface area contributed by atoms with Gasteiger partial charge in [-0.1, -0.05) is 37.6 Å². The summed E-state index contributed by atoms with van der Waals surface area (Å²) in [5, 5.41) is 0. The van der Waals surface area contributed by atoms with Crippen molar-refractivity contribution in [3.63, 3.8) is 0 Å². The van der Waals surface area contributed by atoms with Crippen LogP contribution in [0.1, 0.15) is 50.5 Å². The maximum Gasteiger partial charge on any atom is 0.338 e. The van der Waals surface area contributed by atoms with E-state index in [0.717, 1.165) is 5.56 Å². The van der Waals surface area contributed by atoms with E-state index in [4.69, 9.17) is 9.47 Å². The maximum atomic E-state index is 12.4. The van der Waals surface area contributed by atoms with Crippen LogP contribution in [0.15, 0.2) is 35.9 Å². The van der Waals surface area contributed by atoms with Gasteiger partial charge < -0.3 is 9.47 Å². The molecule has 1 aliphatic rings. The Bertz CT molecular complexity index is 653. The second-order valence-electron chi connectivity index (χ2n) is 7.10. The highest BCUT2D eigenvalue weighted by molar-refractivity contribution is 5.89. The quantitative estimate of drug-likeness (QED) is 0.581. The van der Waals surface area contributed by atoms with Crippen LogP contribution in [0.25, 0.3) is 0 Å². The van der Waals surface area contributed by atoms with Crippen LogP contribution in [0.4, 0.5) is 0 Å². The minimum atomic E-state index is -0.363. The van der Waals surface area contributed by atoms with Gasteiger partial charge in [0.2, 0.25) is 0 Å². The van der Waals surface area contributed by atoms with E-state index in [1.165, 1.54) is 5.57 Å². The van der Waals surface area contributed by atoms with Crippen molar-refractivity contribution in [3.05, 3.63) is 47.0 Å². The monoisotopic (exact) mass is 330 g/mol. The van der Waals surface area contributed by atoms with Crippen LogP contribution in [0.5, 0.6) is 0 Å². The molecule has 130 valence electrons. The van der Waals surface area contributed by atoms with E-state index in [9.17, 15) is 9.59 Å². The van der Waals surface area contributed by atoms with Gasteiger partial charge in [-0.05, 0) is 49.8 Å². The van der Waals surface area contributed by atoms with E-state index in [1.54, 1.807) is 25.1 Å². The number of esters is 2. The average molecular weight is 330 g/mol. The third-order valence-corrected chi connectivity index (χ3v) is 4.50. The lowest BCUT2D eigenvalue weighted by Crippen LogP contribution is -2.11. The second-order valence-corrected chi connectivity index (χ2v) is 7.10. The highest BCUT2D eigenvalue weighted by atomic mass is 16.5. The molecule has 0 heterocycles. The Kier molecular flexibility index (Phi) is 5.47. The minimum absolute atomic E-state index is 0.0544. The van der Waals surface area contributed by atoms with E-state index in [2.05, 4.69) is 19.9 Å². The van der Waals surface area contributed by atoms with Gasteiger partial charge in [-0.25, -0.2) is 4.79 Å². The molecule has 24 heavy (non-hydrogen) atoms. The first-order chi connectivity index (χ1) is 11.3. The molecule has 4 heteroatoms. The van der Waals surface area contributed by atoms with Gasteiger partial charge in [-0.3, -0.25) is 4.79 Å². The summed E-state index contributed by atoms with van der Waals surface area (Å²) in [5.41, 5.74) is 2.41. The standard InChI is InChI=1S/C20H26O4/c1-6-23-18(21)15-9-7-8-14(11-15)12-24-19(22)17-16(10-13(2)3)20(17,4)5/h7-11,16-17H,6,12H2,1-5H3. The zero-order valence-electron chi connectivity index (χ0n) is 15.1. The molecule has 2 atom stereocenters. The number of benzene rings is 1. The lowest BCUT2D eigenvalue weighted by Gasteiger charge is -2.07. The fourth-order valence-corrected chi connectivity index (χ4v) is 3.04. The van der Waals surface area contributed by atoms with Crippen molar-refractivity contribution in [2.24, 2.45) is 17.3 Å². The number of ether oxygens (including phenoxy) is 2. The van der Waals surface area contributed by atoms with E-state index in [1.807, 2.05) is 19.9 Å². The Hall–Kier alpha value is -2.10. The molecule has 0 saturated heterocycles. The topological polar surface area (TPSA) is 52.6 Å². The molecule has 0 aromatic heterocycles. The van der Waals surface area contributed by atoms with Crippen LogP contribution < -0.4 is 0 Å². The first kappa shape index (κ1) is 18.2. The summed E-state index contributed by atoms with van der Waals surface area (Å²) in [5.74, 6) is -0.400. The highest BCUT2D eigenvalue weighted by Gasteiger charge is 2.61. The number of carbonyl (C=O) groups is 2. The SMILES string of the molecule is CCOC(=O)c1cccc(COC(=O)C2C(C=C(C)C)C2(C)C)c1. The first-order valence-electron chi connectivity index (χ1n) is 8.35. The van der Waals surface area contributed by atoms with Gasteiger partial charge >= 0.3 is 11.9 Å². The maximum absolute atomic E-state index is 12.4. The zero-order valence-corrected chi connectivity index (χ0v) is 15.1. The molecule has 1 aliphatic carbocycles. The van der Waals surface area contributed by atoms with Gasteiger partial charge in [-0.2, -0.15) is 0 Å². The summed E-state index contributed by atoms with van der Waals surface area (Å²) >= 11 is 0. The molecule has 1 fully saturated rings. The van der Waals surface area contributed by atoms with E-state index in [0.29, 0.717) is 12.2 Å². The molecule has 0 bridgehead atoms. The van der Waals surface area contributed by atoms with Gasteiger partial charge in [0.05, 0.1) is 18.1 Å². The van der Waals surface area contributed by atoms with Crippen LogP contribution >= 0.6 is 0 Å². The Labute approximate surface area is 143 Å². The molecule has 4 nitrogen and oxygen atoms in total. The average Bonchev–Trinajstić information content (AvgIpc) is 3.05. The minimum Gasteiger partial charge on any atom is -0.462 e. The van der Waals surface area contributed by atoms with Crippen molar-refractivity contribution in [2.75, 3.05) is 6.61 Å². The molecule has 0 amide bonds. The van der Waals surface area contributed by atoms with Crippen LogP contribution in [0, 0.1) is 17.3 Å². The van der Waals surface area contributed by atoms with Gasteiger partial charge in [0.15, 0.2) is 0 Å². The van der Waals surface area contributed by atoms with Gasteiger partial charge in [0, 0.05) is 0 Å². The van der Waals surface area contributed by atoms with Crippen molar-refractivity contribution < 1.29 is 19.1 Å². The molecular weight excluding hydrogens is 304 g/mol. The lowest BCUT2D eigenvalue weighted by atomic mass is 10.1. The largest absolute Gasteiger partial charge is 0.462 e. The van der Waals surface area contributed by atoms with E-state index in [-0.39, 0.29) is 35.8 Å². The third-order valence-electron chi connectivity index (χ3n) is 4.50. The summed E-state index contributed by atoms with van der Waals surface area (Å²) in [6.07, 6.45) is 2.15. The second kappa shape index (κ2) is 7.20. The Balaban J connectivity index is 1.97. The predicted octanol–water partition coefficient (Wildman–Crippen LogP) is 4.14. The fraction of sp³-hybridized carbons (Fsp3) is 0.500. The molecule has 0 spiro atoms. The van der Waals surface area contributed by atoms with Crippen molar-refractivity contribution in [1.29, 1.82) is 0 Å². The van der Waals surface area contributed by atoms with Crippen LogP contribution in [0.2, 0.25) is 0 Å². The number of carbonyl (C=O) groups excluding carboxylic acids is 2. The molecule has 1 saturated carbocycles. The predicted molar refractivity (Wildman–Crippen MR) is 92.4 cm³/mol. The lowest BCUT2D eigenvalue weighted by molar-refractivity contribution is -0.147. The smallest absolute Gasteiger partial charge is 0.338 e. The van der Waals surface area contributed by atoms with Gasteiger partial charge in [0.25, 0.3) is 0 Å². The first-order valence-corrected chi connectivity index (χ1v) is 8.35. The summed E-state index contributed by atoms with van der Waals surface area (Å²) in [6.45, 7) is 10.5. The fourth-order valence-electron chi connectivity index (χ4n) is 3.04. The number of hydrogen-bond acceptors (Lipinski definition) is 4. The highest BCUT2D eigenvalue weighted by Crippen LogP contribution is 2.59. The van der Waals surface area contributed by atoms with Crippen molar-refractivity contribution in [1.82, 2.24) is 0 Å². The van der Waals surface area contributed by atoms with Crippen LogP contribution in [-0.2, 0) is 20.9 Å². The molecule has 0 radical (unpaired) electrons. The molecule has 0 N–H and O–H groups in total. The van der Waals surface area contributed by atoms with Crippen molar-refractivity contribution in [3.8, 4) is 0 Å². The van der Waals surface area contributed by atoms with Crippen molar-refractivity contribution >= 4 is 11.9 Å². The Morgan fingerprint density at radius 3 is 2.54 bits per heavy atom. The molecular formula is C20H26O4. The zero-order chi connectivity index (χ0) is 17.9. The van der Waals surface area contributed by atoms with E-state index < -0.39 is 0 Å². The van der Waals surface area contributed by atoms with Crippen LogP contribution in [0.3, 0.4) is 0 Å². The molecule has 1 aromatic rings. The summed E-state index contributed by atoms with van der Waals surface area (Å²) in [7, 11) is 0. The summed E-state index contributed by atoms with van der Waals surface area (Å²) < 4.78 is 10.5. The molecule has 2 unspecified atom stereocenters. The summed E-state index contributed by atoms with van der Waals surface area (Å²) in [6, 6.07) is 7.00. The van der Waals surface area contributed by atoms with Crippen molar-refractivity contribution in [2.45, 2.75) is 41.2 Å². The Morgan fingerprint density at radius 1 is 1.21 bits per heavy atom. The molecule has 2 rings (SSSR count). The van der Waals surface area contributed by atoms with Crippen LogP contribution in [-0.4, -0.2) is 18.5 Å². The summed E-state index contributed by atoms with van der Waals surface area (Å²) in [4.78, 5) is 24.1.